The van der Waals surface area contributed by atoms with E-state index in [4.69, 9.17) is 16.4 Å². The lowest BCUT2D eigenvalue weighted by molar-refractivity contribution is -0.116. The van der Waals surface area contributed by atoms with Crippen LogP contribution in [-0.2, 0) is 16.7 Å². The summed E-state index contributed by atoms with van der Waals surface area (Å²) in [5.74, 6) is -0.120. The molecule has 0 amide bonds. The van der Waals surface area contributed by atoms with Gasteiger partial charge in [0.15, 0.2) is 5.78 Å². The minimum absolute atomic E-state index is 0.0573. The third kappa shape index (κ3) is 4.22. The number of hydrogen-bond acceptors (Lipinski definition) is 5. The van der Waals surface area contributed by atoms with Crippen molar-refractivity contribution in [3.8, 4) is 0 Å². The van der Waals surface area contributed by atoms with Crippen LogP contribution in [0.3, 0.4) is 0 Å². The number of aromatic nitrogens is 2. The van der Waals surface area contributed by atoms with E-state index in [-0.39, 0.29) is 29.6 Å². The van der Waals surface area contributed by atoms with Crippen LogP contribution in [0.1, 0.15) is 37.7 Å². The molecule has 0 fully saturated rings. The summed E-state index contributed by atoms with van der Waals surface area (Å²) in [6.07, 6.45) is 6.40. The molecule has 1 aromatic rings. The summed E-state index contributed by atoms with van der Waals surface area (Å²) in [6, 6.07) is 0. The van der Waals surface area contributed by atoms with E-state index in [1.54, 1.807) is 17.0 Å². The number of oxime groups is 1. The zero-order valence-electron chi connectivity index (χ0n) is 13.2. The lowest BCUT2D eigenvalue weighted by Gasteiger charge is -2.22. The first kappa shape index (κ1) is 17.3. The normalized spacial score (nSPS) is 19.7. The quantitative estimate of drug-likeness (QED) is 0.491. The number of halogens is 1. The zero-order valence-corrected chi connectivity index (χ0v) is 14.0. The Morgan fingerprint density at radius 1 is 1.61 bits per heavy atom. The minimum atomic E-state index is -0.125. The van der Waals surface area contributed by atoms with E-state index >= 15 is 0 Å². The first-order valence-electron chi connectivity index (χ1n) is 7.45. The number of allylic oxidation sites excluding steroid dienone is 2. The number of rotatable bonds is 6. The number of ketones is 1. The predicted octanol–water partition coefficient (Wildman–Crippen LogP) is 3.21. The van der Waals surface area contributed by atoms with Gasteiger partial charge in [0.05, 0.1) is 17.5 Å². The first-order chi connectivity index (χ1) is 11.1. The van der Waals surface area contributed by atoms with Gasteiger partial charge in [-0.25, -0.2) is 0 Å². The van der Waals surface area contributed by atoms with E-state index in [0.29, 0.717) is 25.0 Å². The molecule has 1 unspecified atom stereocenters. The number of aliphatic hydroxyl groups is 1. The van der Waals surface area contributed by atoms with Crippen LogP contribution in [0.5, 0.6) is 0 Å². The molecule has 124 valence electrons. The topological polar surface area (TPSA) is 76.7 Å². The summed E-state index contributed by atoms with van der Waals surface area (Å²) in [4.78, 5) is 17.6. The van der Waals surface area contributed by atoms with Crippen molar-refractivity contribution >= 4 is 23.1 Å². The van der Waals surface area contributed by atoms with Crippen molar-refractivity contribution in [1.82, 2.24) is 9.78 Å². The van der Waals surface area contributed by atoms with Crippen LogP contribution in [0, 0.1) is 0 Å². The number of hydrogen-bond donors (Lipinski definition) is 1. The molecule has 1 aromatic heterocycles. The van der Waals surface area contributed by atoms with Crippen molar-refractivity contribution in [3.63, 3.8) is 0 Å². The number of nitrogens with zero attached hydrogens (tertiary/aromatic N) is 3. The standard InChI is InChI=1S/C16H20ClN3O3/c1-3-13(19-23-6-4-5-17)16-14(21)7-11(8-15(16)22)12-9-18-20(2)10-12/h4-5,9-11,21H,3,6-8H2,1-2H3. The van der Waals surface area contributed by atoms with Crippen LogP contribution in [0.2, 0.25) is 0 Å². The molecule has 0 bridgehead atoms. The summed E-state index contributed by atoms with van der Waals surface area (Å²) >= 11 is 5.40. The first-order valence-corrected chi connectivity index (χ1v) is 7.88. The molecule has 2 rings (SSSR count). The van der Waals surface area contributed by atoms with E-state index in [1.807, 2.05) is 20.2 Å². The Kier molecular flexibility index (Phi) is 5.98. The van der Waals surface area contributed by atoms with E-state index in [0.717, 1.165) is 5.56 Å². The lowest BCUT2D eigenvalue weighted by atomic mass is 9.82. The monoisotopic (exact) mass is 337 g/mol. The molecule has 23 heavy (non-hydrogen) atoms. The zero-order chi connectivity index (χ0) is 16.8. The second kappa shape index (κ2) is 7.97. The predicted molar refractivity (Wildman–Crippen MR) is 88.5 cm³/mol. The number of carbonyl (C=O) groups is 1. The molecule has 0 saturated heterocycles. The molecule has 0 aromatic carbocycles. The fourth-order valence-corrected chi connectivity index (χ4v) is 2.66. The molecule has 1 heterocycles. The molecular weight excluding hydrogens is 318 g/mol. The van der Waals surface area contributed by atoms with E-state index in [1.165, 1.54) is 5.54 Å². The van der Waals surface area contributed by atoms with Crippen molar-refractivity contribution in [2.75, 3.05) is 6.61 Å². The van der Waals surface area contributed by atoms with Crippen LogP contribution in [0.15, 0.2) is 40.5 Å². The smallest absolute Gasteiger partial charge is 0.168 e. The fraction of sp³-hybridized carbons (Fsp3) is 0.438. The van der Waals surface area contributed by atoms with Crippen molar-refractivity contribution in [1.29, 1.82) is 0 Å². The van der Waals surface area contributed by atoms with Gasteiger partial charge >= 0.3 is 0 Å². The highest BCUT2D eigenvalue weighted by molar-refractivity contribution is 6.25. The number of carbonyl (C=O) groups excluding carboxylic acids is 1. The van der Waals surface area contributed by atoms with Gasteiger partial charge in [0.25, 0.3) is 0 Å². The second-order valence-electron chi connectivity index (χ2n) is 5.35. The number of aliphatic hydroxyl groups excluding tert-OH is 1. The van der Waals surface area contributed by atoms with Gasteiger partial charge in [-0.3, -0.25) is 9.48 Å². The molecule has 6 nitrogen and oxygen atoms in total. The summed E-state index contributed by atoms with van der Waals surface area (Å²) in [5.41, 5.74) is 3.02. The van der Waals surface area contributed by atoms with Gasteiger partial charge in [0.2, 0.25) is 0 Å². The van der Waals surface area contributed by atoms with Crippen molar-refractivity contribution in [2.45, 2.75) is 32.1 Å². The summed E-state index contributed by atoms with van der Waals surface area (Å²) in [5, 5.41) is 18.4. The molecule has 0 radical (unpaired) electrons. The Morgan fingerprint density at radius 3 is 2.96 bits per heavy atom. The Balaban J connectivity index is 2.19. The molecule has 0 saturated carbocycles. The Hall–Kier alpha value is -2.08. The van der Waals surface area contributed by atoms with Crippen LogP contribution in [0.4, 0.5) is 0 Å². The highest BCUT2D eigenvalue weighted by atomic mass is 35.5. The van der Waals surface area contributed by atoms with Crippen LogP contribution < -0.4 is 0 Å². The van der Waals surface area contributed by atoms with Crippen LogP contribution >= 0.6 is 11.6 Å². The summed E-state index contributed by atoms with van der Waals surface area (Å²) in [7, 11) is 1.82. The average Bonchev–Trinajstić information content (AvgIpc) is 2.95. The van der Waals surface area contributed by atoms with Crippen molar-refractivity contribution in [2.24, 2.45) is 12.2 Å². The largest absolute Gasteiger partial charge is 0.511 e. The highest BCUT2D eigenvalue weighted by Gasteiger charge is 2.31. The molecule has 7 heteroatoms. The van der Waals surface area contributed by atoms with Crippen LogP contribution in [-0.4, -0.2) is 33.0 Å². The number of Topliss-reactive ketones (excluding diaryl/α,β-unsaturated/α-hetero) is 1. The average molecular weight is 338 g/mol. The van der Waals surface area contributed by atoms with E-state index < -0.39 is 0 Å². The Morgan fingerprint density at radius 2 is 2.39 bits per heavy atom. The minimum Gasteiger partial charge on any atom is -0.511 e. The molecule has 0 spiro atoms. The molecule has 1 aliphatic carbocycles. The molecular formula is C16H20ClN3O3. The Labute approximate surface area is 140 Å². The molecule has 0 aliphatic heterocycles. The van der Waals surface area contributed by atoms with Gasteiger partial charge in [-0.15, -0.1) is 0 Å². The van der Waals surface area contributed by atoms with Gasteiger partial charge in [-0.2, -0.15) is 5.10 Å². The SMILES string of the molecule is CCC(=NOCC=CCl)C1=C(O)CC(c2cnn(C)c2)CC1=O. The highest BCUT2D eigenvalue weighted by Crippen LogP contribution is 2.34. The summed E-state index contributed by atoms with van der Waals surface area (Å²) in [6.45, 7) is 2.08. The molecule has 1 aliphatic rings. The van der Waals surface area contributed by atoms with Crippen molar-refractivity contribution < 1.29 is 14.7 Å². The Bertz CT molecular complexity index is 661. The summed E-state index contributed by atoms with van der Waals surface area (Å²) < 4.78 is 1.69. The third-order valence-corrected chi connectivity index (χ3v) is 3.87. The van der Waals surface area contributed by atoms with E-state index in [2.05, 4.69) is 10.3 Å². The fourth-order valence-electron chi connectivity index (χ4n) is 2.59. The van der Waals surface area contributed by atoms with Gasteiger partial charge in [-0.1, -0.05) is 23.7 Å². The van der Waals surface area contributed by atoms with E-state index in [9.17, 15) is 9.90 Å². The van der Waals surface area contributed by atoms with Gasteiger partial charge in [0.1, 0.15) is 12.4 Å². The molecule has 1 N–H and O–H groups in total. The number of aryl methyl sites for hydroxylation is 1. The maximum atomic E-state index is 12.5. The lowest BCUT2D eigenvalue weighted by Crippen LogP contribution is -2.23. The van der Waals surface area contributed by atoms with Gasteiger partial charge in [-0.05, 0) is 18.1 Å². The van der Waals surface area contributed by atoms with Crippen molar-refractivity contribution in [3.05, 3.63) is 40.9 Å². The second-order valence-corrected chi connectivity index (χ2v) is 5.60. The molecule has 1 atom stereocenters. The van der Waals surface area contributed by atoms with Gasteiger partial charge < -0.3 is 9.94 Å². The van der Waals surface area contributed by atoms with Gasteiger partial charge in [0, 0.05) is 37.5 Å². The maximum Gasteiger partial charge on any atom is 0.168 e. The maximum absolute atomic E-state index is 12.5. The van der Waals surface area contributed by atoms with Crippen LogP contribution in [0.25, 0.3) is 0 Å². The third-order valence-electron chi connectivity index (χ3n) is 3.69.